The number of aromatic amines is 1. The second kappa shape index (κ2) is 10.7. The van der Waals surface area contributed by atoms with Gasteiger partial charge in [0.15, 0.2) is 0 Å². The highest BCUT2D eigenvalue weighted by atomic mass is 35.5. The van der Waals surface area contributed by atoms with Gasteiger partial charge in [-0.25, -0.2) is 9.97 Å². The molecule has 0 saturated carbocycles. The molecule has 2 aromatic heterocycles. The molecule has 0 spiro atoms. The van der Waals surface area contributed by atoms with E-state index in [1.165, 1.54) is 0 Å². The number of nitrogens with one attached hydrogen (secondary N) is 1. The number of H-pyrrole nitrogens is 1. The topological polar surface area (TPSA) is 94.4 Å². The van der Waals surface area contributed by atoms with Crippen molar-refractivity contribution >= 4 is 40.6 Å². The Kier molecular flexibility index (Phi) is 7.37. The molecular formula is C26H31Cl2N7O. The lowest BCUT2D eigenvalue weighted by Gasteiger charge is -2.47. The molecule has 1 amide bonds. The minimum atomic E-state index is -0.0156. The van der Waals surface area contributed by atoms with Gasteiger partial charge in [0.1, 0.15) is 11.6 Å². The molecule has 8 nitrogen and oxygen atoms in total. The second-order valence-electron chi connectivity index (χ2n) is 9.47. The van der Waals surface area contributed by atoms with Crippen molar-refractivity contribution in [3.63, 3.8) is 0 Å². The van der Waals surface area contributed by atoms with E-state index in [0.717, 1.165) is 69.2 Å². The van der Waals surface area contributed by atoms with Crippen LogP contribution in [0.1, 0.15) is 36.5 Å². The SMILES string of the molecule is CCC1CN(c2ncc(-c3ncc[nH]3)cc2Cl)CCN1C1CCN(C(=O)c2ccc(Cl)cc2N)CC1. The molecular weight excluding hydrogens is 497 g/mol. The zero-order valence-corrected chi connectivity index (χ0v) is 21.8. The van der Waals surface area contributed by atoms with E-state index >= 15 is 0 Å². The molecule has 36 heavy (non-hydrogen) atoms. The van der Waals surface area contributed by atoms with Gasteiger partial charge in [0.25, 0.3) is 5.91 Å². The molecule has 0 bridgehead atoms. The standard InChI is InChI=1S/C26H31Cl2N7O/c1-2-19-16-34(25-22(28)13-17(15-32-25)24-30-7-8-31-24)11-12-35(19)20-5-9-33(10-6-20)26(36)21-4-3-18(27)14-23(21)29/h3-4,7-8,13-15,19-20H,2,5-6,9-12,16,29H2,1H3,(H,30,31). The summed E-state index contributed by atoms with van der Waals surface area (Å²) in [6, 6.07) is 7.86. The first-order valence-electron chi connectivity index (χ1n) is 12.4. The summed E-state index contributed by atoms with van der Waals surface area (Å²) in [6.45, 7) is 6.37. The first-order valence-corrected chi connectivity index (χ1v) is 13.2. The summed E-state index contributed by atoms with van der Waals surface area (Å²) in [5, 5.41) is 1.18. The van der Waals surface area contributed by atoms with Crippen molar-refractivity contribution in [3.05, 3.63) is 58.5 Å². The number of piperidine rings is 1. The highest BCUT2D eigenvalue weighted by molar-refractivity contribution is 6.33. The van der Waals surface area contributed by atoms with Crippen LogP contribution in [0.5, 0.6) is 0 Å². The van der Waals surface area contributed by atoms with Crippen LogP contribution in [0, 0.1) is 0 Å². The maximum Gasteiger partial charge on any atom is 0.255 e. The number of amides is 1. The van der Waals surface area contributed by atoms with Crippen molar-refractivity contribution < 1.29 is 4.79 Å². The van der Waals surface area contributed by atoms with Gasteiger partial charge in [0.05, 0.1) is 10.6 Å². The van der Waals surface area contributed by atoms with Gasteiger partial charge in [-0.15, -0.1) is 0 Å². The molecule has 1 atom stereocenters. The number of piperazine rings is 1. The number of halogens is 2. The van der Waals surface area contributed by atoms with Crippen molar-refractivity contribution in [1.29, 1.82) is 0 Å². The van der Waals surface area contributed by atoms with Gasteiger partial charge in [0, 0.05) is 79.7 Å². The number of carbonyl (C=O) groups is 1. The van der Waals surface area contributed by atoms with Crippen molar-refractivity contribution in [2.45, 2.75) is 38.3 Å². The van der Waals surface area contributed by atoms with Crippen LogP contribution >= 0.6 is 23.2 Å². The monoisotopic (exact) mass is 527 g/mol. The van der Waals surface area contributed by atoms with Crippen LogP contribution in [0.15, 0.2) is 42.9 Å². The third-order valence-electron chi connectivity index (χ3n) is 7.36. The average Bonchev–Trinajstić information content (AvgIpc) is 3.43. The Balaban J connectivity index is 1.21. The van der Waals surface area contributed by atoms with E-state index in [4.69, 9.17) is 28.9 Å². The van der Waals surface area contributed by atoms with Crippen LogP contribution in [-0.4, -0.2) is 75.5 Å². The Morgan fingerprint density at radius 2 is 1.94 bits per heavy atom. The fourth-order valence-electron chi connectivity index (χ4n) is 5.42. The van der Waals surface area contributed by atoms with Gasteiger partial charge in [-0.05, 0) is 43.5 Å². The predicted molar refractivity (Wildman–Crippen MR) is 145 cm³/mol. The molecule has 10 heteroatoms. The van der Waals surface area contributed by atoms with E-state index in [2.05, 4.69) is 31.7 Å². The third kappa shape index (κ3) is 5.03. The Labute approximate surface area is 221 Å². The van der Waals surface area contributed by atoms with Crippen molar-refractivity contribution in [2.24, 2.45) is 0 Å². The number of benzene rings is 1. The lowest BCUT2D eigenvalue weighted by Crippen LogP contribution is -2.58. The molecule has 0 radical (unpaired) electrons. The van der Waals surface area contributed by atoms with Gasteiger partial charge in [-0.1, -0.05) is 30.1 Å². The molecule has 1 aromatic carbocycles. The number of nitrogens with zero attached hydrogens (tertiary/aromatic N) is 5. The number of likely N-dealkylation sites (tertiary alicyclic amines) is 1. The molecule has 190 valence electrons. The molecule has 1 unspecified atom stereocenters. The highest BCUT2D eigenvalue weighted by Crippen LogP contribution is 2.31. The number of hydrogen-bond acceptors (Lipinski definition) is 6. The van der Waals surface area contributed by atoms with E-state index < -0.39 is 0 Å². The number of aromatic nitrogens is 3. The van der Waals surface area contributed by atoms with Crippen LogP contribution in [-0.2, 0) is 0 Å². The molecule has 2 aliphatic heterocycles. The maximum atomic E-state index is 13.0. The van der Waals surface area contributed by atoms with Crippen molar-refractivity contribution in [3.8, 4) is 11.4 Å². The molecule has 2 fully saturated rings. The quantitative estimate of drug-likeness (QED) is 0.472. The van der Waals surface area contributed by atoms with E-state index in [-0.39, 0.29) is 5.91 Å². The number of rotatable bonds is 5. The number of pyridine rings is 1. The number of nitrogens with two attached hydrogens (primary N) is 1. The van der Waals surface area contributed by atoms with E-state index in [9.17, 15) is 4.79 Å². The summed E-state index contributed by atoms with van der Waals surface area (Å²) in [5.74, 6) is 1.57. The summed E-state index contributed by atoms with van der Waals surface area (Å²) in [4.78, 5) is 31.9. The molecule has 2 saturated heterocycles. The van der Waals surface area contributed by atoms with Gasteiger partial charge >= 0.3 is 0 Å². The summed E-state index contributed by atoms with van der Waals surface area (Å²) in [6.07, 6.45) is 8.28. The van der Waals surface area contributed by atoms with Gasteiger partial charge < -0.3 is 20.5 Å². The maximum absolute atomic E-state index is 13.0. The Morgan fingerprint density at radius 3 is 2.61 bits per heavy atom. The number of carbonyl (C=O) groups excluding carboxylic acids is 1. The fraction of sp³-hybridized carbons (Fsp3) is 0.423. The molecule has 2 aliphatic rings. The first-order chi connectivity index (χ1) is 17.4. The summed E-state index contributed by atoms with van der Waals surface area (Å²) in [5.41, 5.74) is 7.89. The zero-order chi connectivity index (χ0) is 25.2. The third-order valence-corrected chi connectivity index (χ3v) is 7.87. The second-order valence-corrected chi connectivity index (χ2v) is 10.3. The van der Waals surface area contributed by atoms with Crippen LogP contribution in [0.3, 0.4) is 0 Å². The molecule has 5 rings (SSSR count). The smallest absolute Gasteiger partial charge is 0.255 e. The molecule has 3 aromatic rings. The van der Waals surface area contributed by atoms with Crippen LogP contribution in [0.2, 0.25) is 10.0 Å². The first kappa shape index (κ1) is 24.9. The average molecular weight is 528 g/mol. The number of imidazole rings is 1. The van der Waals surface area contributed by atoms with Gasteiger partial charge in [-0.3, -0.25) is 9.69 Å². The number of anilines is 2. The summed E-state index contributed by atoms with van der Waals surface area (Å²) in [7, 11) is 0. The van der Waals surface area contributed by atoms with Crippen LogP contribution in [0.4, 0.5) is 11.5 Å². The highest BCUT2D eigenvalue weighted by Gasteiger charge is 2.35. The Bertz CT molecular complexity index is 1210. The van der Waals surface area contributed by atoms with Gasteiger partial charge in [0.2, 0.25) is 0 Å². The minimum Gasteiger partial charge on any atom is -0.398 e. The predicted octanol–water partition coefficient (Wildman–Crippen LogP) is 4.57. The molecule has 4 heterocycles. The fourth-order valence-corrected chi connectivity index (χ4v) is 5.89. The van der Waals surface area contributed by atoms with E-state index in [0.29, 0.717) is 33.4 Å². The van der Waals surface area contributed by atoms with Crippen molar-refractivity contribution in [2.75, 3.05) is 43.4 Å². The van der Waals surface area contributed by atoms with Crippen LogP contribution in [0.25, 0.3) is 11.4 Å². The normalized spacial score (nSPS) is 19.6. The summed E-state index contributed by atoms with van der Waals surface area (Å²) >= 11 is 12.7. The van der Waals surface area contributed by atoms with E-state index in [1.807, 2.05) is 17.2 Å². The van der Waals surface area contributed by atoms with Gasteiger partial charge in [-0.2, -0.15) is 0 Å². The van der Waals surface area contributed by atoms with Crippen LogP contribution < -0.4 is 10.6 Å². The lowest BCUT2D eigenvalue weighted by atomic mass is 9.97. The minimum absolute atomic E-state index is 0.0156. The molecule has 0 aliphatic carbocycles. The lowest BCUT2D eigenvalue weighted by molar-refractivity contribution is 0.0491. The Morgan fingerprint density at radius 1 is 1.14 bits per heavy atom. The zero-order valence-electron chi connectivity index (χ0n) is 20.3. The summed E-state index contributed by atoms with van der Waals surface area (Å²) < 4.78 is 0. The molecule has 3 N–H and O–H groups in total. The number of hydrogen-bond donors (Lipinski definition) is 2. The van der Waals surface area contributed by atoms with Crippen molar-refractivity contribution in [1.82, 2.24) is 24.8 Å². The number of nitrogen functional groups attached to an aromatic ring is 1. The largest absolute Gasteiger partial charge is 0.398 e. The van der Waals surface area contributed by atoms with E-state index in [1.54, 1.807) is 30.6 Å². The Hall–Kier alpha value is -2.81.